The molecule has 0 unspecified atom stereocenters. The van der Waals surface area contributed by atoms with E-state index in [2.05, 4.69) is 20.9 Å². The quantitative estimate of drug-likeness (QED) is 0.791. The summed E-state index contributed by atoms with van der Waals surface area (Å²) in [5.41, 5.74) is 1.80. The third-order valence-corrected chi connectivity index (χ3v) is 5.70. The van der Waals surface area contributed by atoms with Gasteiger partial charge in [-0.2, -0.15) is 0 Å². The molecule has 4 rings (SSSR count). The number of amides is 1. The molecule has 2 aliphatic heterocycles. The van der Waals surface area contributed by atoms with Crippen LogP contribution in [0, 0.1) is 0 Å². The number of ether oxygens (including phenoxy) is 1. The van der Waals surface area contributed by atoms with Crippen molar-refractivity contribution in [1.29, 1.82) is 0 Å². The van der Waals surface area contributed by atoms with Gasteiger partial charge >= 0.3 is 0 Å². The van der Waals surface area contributed by atoms with Gasteiger partial charge in [0, 0.05) is 58.4 Å². The molecule has 7 nitrogen and oxygen atoms in total. The Morgan fingerprint density at radius 3 is 2.46 bits per heavy atom. The highest BCUT2D eigenvalue weighted by Crippen LogP contribution is 2.22. The number of carbonyl (C=O) groups is 1. The van der Waals surface area contributed by atoms with Gasteiger partial charge in [0.15, 0.2) is 0 Å². The highest BCUT2D eigenvalue weighted by atomic mass is 16.5. The number of piperidine rings is 2. The molecule has 0 radical (unpaired) electrons. The summed E-state index contributed by atoms with van der Waals surface area (Å²) in [5.74, 6) is 0.0303. The summed E-state index contributed by atoms with van der Waals surface area (Å²) in [4.78, 5) is 25.2. The first kappa shape index (κ1) is 19.1. The Balaban J connectivity index is 1.18. The van der Waals surface area contributed by atoms with Crippen LogP contribution in [0.3, 0.4) is 0 Å². The second-order valence-electron chi connectivity index (χ2n) is 7.89. The summed E-state index contributed by atoms with van der Waals surface area (Å²) in [6.45, 7) is 4.60. The lowest BCUT2D eigenvalue weighted by molar-refractivity contribution is -0.0629. The number of hydrogen-bond acceptors (Lipinski definition) is 5. The first-order valence-corrected chi connectivity index (χ1v) is 10.2. The summed E-state index contributed by atoms with van der Waals surface area (Å²) in [5, 5.41) is 0. The van der Waals surface area contributed by atoms with Crippen LogP contribution in [-0.2, 0) is 18.3 Å². The zero-order valence-corrected chi connectivity index (χ0v) is 16.5. The van der Waals surface area contributed by atoms with Crippen LogP contribution in [-0.4, -0.2) is 68.6 Å². The molecule has 2 saturated heterocycles. The van der Waals surface area contributed by atoms with Crippen LogP contribution in [0.2, 0.25) is 0 Å². The van der Waals surface area contributed by atoms with Crippen molar-refractivity contribution >= 4 is 5.91 Å². The number of aromatic nitrogens is 3. The minimum Gasteiger partial charge on any atom is -0.375 e. The maximum Gasteiger partial charge on any atom is 0.274 e. The SMILES string of the molecule is Cn1cnc(C(=O)N2CCC(OC3CCN(Cc4cccnc4)CC3)CC2)c1. The van der Waals surface area contributed by atoms with Crippen molar-refractivity contribution in [3.63, 3.8) is 0 Å². The number of hydrogen-bond donors (Lipinski definition) is 0. The lowest BCUT2D eigenvalue weighted by atomic mass is 10.0. The summed E-state index contributed by atoms with van der Waals surface area (Å²) >= 11 is 0. The summed E-state index contributed by atoms with van der Waals surface area (Å²) in [7, 11) is 1.88. The van der Waals surface area contributed by atoms with Crippen molar-refractivity contribution in [3.05, 3.63) is 48.3 Å². The van der Waals surface area contributed by atoms with Crippen LogP contribution < -0.4 is 0 Å². The van der Waals surface area contributed by atoms with E-state index in [0.29, 0.717) is 11.8 Å². The number of nitrogens with zero attached hydrogens (tertiary/aromatic N) is 5. The summed E-state index contributed by atoms with van der Waals surface area (Å²) < 4.78 is 8.18. The fraction of sp³-hybridized carbons (Fsp3) is 0.571. The van der Waals surface area contributed by atoms with Gasteiger partial charge in [0.1, 0.15) is 5.69 Å². The number of carbonyl (C=O) groups excluding carboxylic acids is 1. The van der Waals surface area contributed by atoms with E-state index >= 15 is 0 Å². The van der Waals surface area contributed by atoms with Crippen molar-refractivity contribution in [2.75, 3.05) is 26.2 Å². The van der Waals surface area contributed by atoms with E-state index in [4.69, 9.17) is 4.74 Å². The Bertz CT molecular complexity index is 762. The highest BCUT2D eigenvalue weighted by Gasteiger charge is 2.28. The van der Waals surface area contributed by atoms with Gasteiger partial charge in [-0.3, -0.25) is 14.7 Å². The smallest absolute Gasteiger partial charge is 0.274 e. The van der Waals surface area contributed by atoms with Crippen LogP contribution in [0.4, 0.5) is 0 Å². The fourth-order valence-electron chi connectivity index (χ4n) is 4.11. The molecule has 0 bridgehead atoms. The average molecular weight is 383 g/mol. The second kappa shape index (κ2) is 8.84. The molecule has 150 valence electrons. The van der Waals surface area contributed by atoms with Crippen molar-refractivity contribution in [2.24, 2.45) is 7.05 Å². The van der Waals surface area contributed by atoms with Gasteiger partial charge in [-0.15, -0.1) is 0 Å². The van der Waals surface area contributed by atoms with E-state index < -0.39 is 0 Å². The number of pyridine rings is 1. The Morgan fingerprint density at radius 1 is 1.14 bits per heavy atom. The van der Waals surface area contributed by atoms with Crippen molar-refractivity contribution in [3.8, 4) is 0 Å². The Kier molecular flexibility index (Phi) is 6.02. The fourth-order valence-corrected chi connectivity index (χ4v) is 4.11. The molecule has 2 aliphatic rings. The largest absolute Gasteiger partial charge is 0.375 e. The van der Waals surface area contributed by atoms with E-state index in [1.54, 1.807) is 12.5 Å². The van der Waals surface area contributed by atoms with Crippen molar-refractivity contribution in [1.82, 2.24) is 24.3 Å². The third kappa shape index (κ3) is 4.77. The molecule has 0 N–H and O–H groups in total. The number of aryl methyl sites for hydroxylation is 1. The molecule has 0 atom stereocenters. The maximum absolute atomic E-state index is 12.5. The normalized spacial score (nSPS) is 19.8. The maximum atomic E-state index is 12.5. The molecule has 0 aliphatic carbocycles. The van der Waals surface area contributed by atoms with Crippen molar-refractivity contribution < 1.29 is 9.53 Å². The number of rotatable bonds is 5. The molecular weight excluding hydrogens is 354 g/mol. The standard InChI is InChI=1S/C21H29N5O2/c1-24-15-20(23-16-24)21(27)26-11-6-19(7-12-26)28-18-4-9-25(10-5-18)14-17-3-2-8-22-13-17/h2-3,8,13,15-16,18-19H,4-7,9-12,14H2,1H3. The predicted octanol–water partition coefficient (Wildman–Crippen LogP) is 2.10. The van der Waals surface area contributed by atoms with Crippen LogP contribution in [0.5, 0.6) is 0 Å². The molecule has 7 heteroatoms. The second-order valence-corrected chi connectivity index (χ2v) is 7.89. The van der Waals surface area contributed by atoms with E-state index in [1.807, 2.05) is 35.0 Å². The molecule has 0 spiro atoms. The Morgan fingerprint density at radius 2 is 1.86 bits per heavy atom. The first-order valence-electron chi connectivity index (χ1n) is 10.2. The van der Waals surface area contributed by atoms with E-state index in [9.17, 15) is 4.79 Å². The lowest BCUT2D eigenvalue weighted by Crippen LogP contribution is -2.43. The molecular formula is C21H29N5O2. The van der Waals surface area contributed by atoms with Gasteiger partial charge in [0.2, 0.25) is 0 Å². The minimum atomic E-state index is 0.0303. The third-order valence-electron chi connectivity index (χ3n) is 5.70. The predicted molar refractivity (Wildman–Crippen MR) is 106 cm³/mol. The van der Waals surface area contributed by atoms with Gasteiger partial charge in [-0.25, -0.2) is 4.98 Å². The Hall–Kier alpha value is -2.25. The molecule has 2 aromatic heterocycles. The van der Waals surface area contributed by atoms with Crippen LogP contribution in [0.1, 0.15) is 41.7 Å². The van der Waals surface area contributed by atoms with Crippen molar-refractivity contribution in [2.45, 2.75) is 44.4 Å². The zero-order chi connectivity index (χ0) is 19.3. The molecule has 0 saturated carbocycles. The van der Waals surface area contributed by atoms with Gasteiger partial charge in [-0.1, -0.05) is 6.07 Å². The van der Waals surface area contributed by atoms with E-state index in [0.717, 1.165) is 58.4 Å². The Labute approximate surface area is 166 Å². The molecule has 28 heavy (non-hydrogen) atoms. The highest BCUT2D eigenvalue weighted by molar-refractivity contribution is 5.92. The van der Waals surface area contributed by atoms with Gasteiger partial charge in [0.25, 0.3) is 5.91 Å². The van der Waals surface area contributed by atoms with Crippen LogP contribution in [0.15, 0.2) is 37.1 Å². The number of likely N-dealkylation sites (tertiary alicyclic amines) is 2. The molecule has 2 fully saturated rings. The average Bonchev–Trinajstić information content (AvgIpc) is 3.17. The van der Waals surface area contributed by atoms with Gasteiger partial charge in [-0.05, 0) is 37.3 Å². The topological polar surface area (TPSA) is 63.5 Å². The van der Waals surface area contributed by atoms with Crippen LogP contribution >= 0.6 is 0 Å². The molecule has 4 heterocycles. The summed E-state index contributed by atoms with van der Waals surface area (Å²) in [6.07, 6.45) is 11.8. The monoisotopic (exact) mass is 383 g/mol. The zero-order valence-electron chi connectivity index (χ0n) is 16.5. The molecule has 0 aromatic carbocycles. The number of imidazole rings is 1. The first-order chi connectivity index (χ1) is 13.7. The summed E-state index contributed by atoms with van der Waals surface area (Å²) in [6, 6.07) is 4.13. The molecule has 1 amide bonds. The lowest BCUT2D eigenvalue weighted by Gasteiger charge is -2.37. The van der Waals surface area contributed by atoms with E-state index in [1.165, 1.54) is 5.56 Å². The van der Waals surface area contributed by atoms with Gasteiger partial charge in [0.05, 0.1) is 18.5 Å². The van der Waals surface area contributed by atoms with E-state index in [-0.39, 0.29) is 12.0 Å². The minimum absolute atomic E-state index is 0.0303. The van der Waals surface area contributed by atoms with Gasteiger partial charge < -0.3 is 14.2 Å². The molecule has 2 aromatic rings. The van der Waals surface area contributed by atoms with Crippen LogP contribution in [0.25, 0.3) is 0 Å².